The van der Waals surface area contributed by atoms with E-state index in [9.17, 15) is 21.0 Å². The fourth-order valence-electron chi connectivity index (χ4n) is 3.67. The Labute approximate surface area is 123 Å². The second-order valence-electron chi connectivity index (χ2n) is 6.25. The predicted octanol–water partition coefficient (Wildman–Crippen LogP) is 1.33. The van der Waals surface area contributed by atoms with E-state index in [1.54, 1.807) is 0 Å². The fourth-order valence-corrected chi connectivity index (χ4v) is 3.67. The Morgan fingerprint density at radius 1 is 1.14 bits per heavy atom. The first-order chi connectivity index (χ1) is 9.74. The van der Waals surface area contributed by atoms with Crippen molar-refractivity contribution in [1.82, 2.24) is 5.32 Å². The van der Waals surface area contributed by atoms with E-state index >= 15 is 0 Å². The lowest BCUT2D eigenvalue weighted by molar-refractivity contribution is 0.0771. The van der Waals surface area contributed by atoms with E-state index in [0.29, 0.717) is 12.1 Å². The largest absolute Gasteiger partial charge is 0.399 e. The van der Waals surface area contributed by atoms with Gasteiger partial charge in [0.1, 0.15) is 17.6 Å². The van der Waals surface area contributed by atoms with Crippen molar-refractivity contribution in [3.63, 3.8) is 0 Å². The van der Waals surface area contributed by atoms with Gasteiger partial charge in [-0.1, -0.05) is 13.8 Å². The summed E-state index contributed by atoms with van der Waals surface area (Å²) in [6.07, 6.45) is 0.526. The van der Waals surface area contributed by atoms with Crippen molar-refractivity contribution >= 4 is 0 Å². The maximum absolute atomic E-state index is 9.83. The zero-order chi connectivity index (χ0) is 16.1. The lowest BCUT2D eigenvalue weighted by Gasteiger charge is -2.59. The smallest absolute Gasteiger partial charge is 0.150 e. The van der Waals surface area contributed by atoms with Gasteiger partial charge in [0.2, 0.25) is 0 Å². The molecule has 0 radical (unpaired) electrons. The van der Waals surface area contributed by atoms with Gasteiger partial charge in [0.15, 0.2) is 5.57 Å². The molecule has 3 N–H and O–H groups in total. The van der Waals surface area contributed by atoms with Gasteiger partial charge in [-0.3, -0.25) is 0 Å². The number of allylic oxidation sites excluding steroid dienone is 2. The van der Waals surface area contributed by atoms with Gasteiger partial charge >= 0.3 is 0 Å². The Bertz CT molecular complexity index is 742. The minimum absolute atomic E-state index is 0.139. The first-order valence-electron chi connectivity index (χ1n) is 6.39. The van der Waals surface area contributed by atoms with E-state index in [4.69, 9.17) is 5.73 Å². The molecular weight excluding hydrogens is 264 g/mol. The Morgan fingerprint density at radius 2 is 1.71 bits per heavy atom. The number of nitrogens with one attached hydrogen (secondary N) is 1. The van der Waals surface area contributed by atoms with Gasteiger partial charge in [0.25, 0.3) is 0 Å². The molecule has 6 nitrogen and oxygen atoms in total. The molecule has 0 saturated carbocycles. The first-order valence-corrected chi connectivity index (χ1v) is 6.39. The highest BCUT2D eigenvalue weighted by molar-refractivity contribution is 5.62. The number of rotatable bonds is 0. The summed E-state index contributed by atoms with van der Waals surface area (Å²) in [5, 5.41) is 40.8. The van der Waals surface area contributed by atoms with E-state index in [2.05, 4.69) is 11.4 Å². The third-order valence-corrected chi connectivity index (χ3v) is 4.58. The van der Waals surface area contributed by atoms with Crippen molar-refractivity contribution in [3.05, 3.63) is 22.5 Å². The number of hydrogen-bond donors (Lipinski definition) is 2. The minimum atomic E-state index is -1.40. The highest BCUT2D eigenvalue weighted by atomic mass is 15.1. The van der Waals surface area contributed by atoms with Gasteiger partial charge in [-0.2, -0.15) is 21.0 Å². The van der Waals surface area contributed by atoms with E-state index < -0.39 is 16.4 Å². The Balaban J connectivity index is 3.03. The van der Waals surface area contributed by atoms with E-state index in [0.717, 1.165) is 0 Å². The van der Waals surface area contributed by atoms with Crippen LogP contribution in [0.15, 0.2) is 22.5 Å². The van der Waals surface area contributed by atoms with E-state index in [1.807, 2.05) is 39.0 Å². The van der Waals surface area contributed by atoms with Gasteiger partial charge in [-0.15, -0.1) is 0 Å². The van der Waals surface area contributed by atoms with Gasteiger partial charge in [-0.05, 0) is 18.8 Å². The monoisotopic (exact) mass is 278 g/mol. The summed E-state index contributed by atoms with van der Waals surface area (Å²) in [5.41, 5.74) is 3.77. The van der Waals surface area contributed by atoms with Crippen LogP contribution < -0.4 is 11.1 Å². The molecule has 1 aliphatic carbocycles. The van der Waals surface area contributed by atoms with Crippen molar-refractivity contribution in [2.24, 2.45) is 16.6 Å². The molecule has 3 rings (SSSR count). The molecule has 3 aliphatic rings. The van der Waals surface area contributed by atoms with Crippen molar-refractivity contribution in [2.75, 3.05) is 0 Å². The van der Waals surface area contributed by atoms with Crippen molar-refractivity contribution < 1.29 is 0 Å². The topological polar surface area (TPSA) is 133 Å². The third-order valence-electron chi connectivity index (χ3n) is 4.58. The molecule has 2 atom stereocenters. The average molecular weight is 278 g/mol. The van der Waals surface area contributed by atoms with Crippen LogP contribution in [0.3, 0.4) is 0 Å². The molecule has 104 valence electrons. The molecular formula is C15H14N6. The molecule has 2 aliphatic heterocycles. The predicted molar refractivity (Wildman–Crippen MR) is 73.1 cm³/mol. The van der Waals surface area contributed by atoms with Crippen LogP contribution in [-0.4, -0.2) is 5.54 Å². The second kappa shape index (κ2) is 4.02. The zero-order valence-corrected chi connectivity index (χ0v) is 12.1. The number of nitriles is 4. The van der Waals surface area contributed by atoms with Gasteiger partial charge in [0, 0.05) is 5.70 Å². The standard InChI is InChI=1S/C15H14N6/c1-13(2)7-14(3)11(20)10(6-18)15(13,8-19)12(21-14)9(4-16)5-17/h21H,7,20H2,1-3H3/t14-,15+/m1/s1. The highest BCUT2D eigenvalue weighted by Crippen LogP contribution is 2.62. The molecule has 1 fully saturated rings. The number of nitrogens with zero attached hydrogens (tertiary/aromatic N) is 4. The van der Waals surface area contributed by atoms with Crippen LogP contribution in [0.25, 0.3) is 0 Å². The number of nitrogens with two attached hydrogens (primary N) is 1. The molecule has 0 unspecified atom stereocenters. The van der Waals surface area contributed by atoms with Crippen molar-refractivity contribution in [3.8, 4) is 24.3 Å². The summed E-state index contributed by atoms with van der Waals surface area (Å²) in [7, 11) is 0. The Morgan fingerprint density at radius 3 is 2.14 bits per heavy atom. The van der Waals surface area contributed by atoms with Gasteiger partial charge in [0.05, 0.1) is 28.9 Å². The molecule has 0 aromatic rings. The van der Waals surface area contributed by atoms with Gasteiger partial charge in [-0.25, -0.2) is 0 Å². The van der Waals surface area contributed by atoms with Crippen LogP contribution in [0.4, 0.5) is 0 Å². The van der Waals surface area contributed by atoms with Crippen LogP contribution in [0, 0.1) is 56.2 Å². The summed E-state index contributed by atoms with van der Waals surface area (Å²) in [5.74, 6) is 0. The second-order valence-corrected chi connectivity index (χ2v) is 6.25. The Kier molecular flexibility index (Phi) is 2.76. The highest BCUT2D eigenvalue weighted by Gasteiger charge is 2.65. The molecule has 6 heteroatoms. The molecule has 21 heavy (non-hydrogen) atoms. The van der Waals surface area contributed by atoms with Crippen LogP contribution in [-0.2, 0) is 0 Å². The van der Waals surface area contributed by atoms with Crippen LogP contribution in [0.2, 0.25) is 0 Å². The zero-order valence-electron chi connectivity index (χ0n) is 12.1. The third kappa shape index (κ3) is 1.42. The summed E-state index contributed by atoms with van der Waals surface area (Å²) < 4.78 is 0. The molecule has 1 saturated heterocycles. The summed E-state index contributed by atoms with van der Waals surface area (Å²) >= 11 is 0. The van der Waals surface area contributed by atoms with Crippen LogP contribution in [0.5, 0.6) is 0 Å². The van der Waals surface area contributed by atoms with Crippen molar-refractivity contribution in [1.29, 1.82) is 21.0 Å². The maximum atomic E-state index is 9.83. The van der Waals surface area contributed by atoms with Crippen molar-refractivity contribution in [2.45, 2.75) is 32.7 Å². The lowest BCUT2D eigenvalue weighted by atomic mass is 9.48. The summed E-state index contributed by atoms with van der Waals surface area (Å²) in [6, 6.07) is 7.81. The van der Waals surface area contributed by atoms with Crippen LogP contribution in [0.1, 0.15) is 27.2 Å². The summed E-state index contributed by atoms with van der Waals surface area (Å²) in [4.78, 5) is 0. The number of fused-ring (bicyclic) bond motifs is 2. The minimum Gasteiger partial charge on any atom is -0.399 e. The fraction of sp³-hybridized carbons (Fsp3) is 0.467. The number of hydrogen-bond acceptors (Lipinski definition) is 6. The van der Waals surface area contributed by atoms with E-state index in [1.165, 1.54) is 0 Å². The normalized spacial score (nSPS) is 32.2. The quantitative estimate of drug-likeness (QED) is 0.642. The first kappa shape index (κ1) is 14.4. The summed E-state index contributed by atoms with van der Waals surface area (Å²) in [6.45, 7) is 5.52. The SMILES string of the molecule is CC1(C)C[C@@]2(C)NC(=C(C#N)C#N)[C@]1(C#N)C(C#N)=C2N. The average Bonchev–Trinajstić information content (AvgIpc) is 2.41. The van der Waals surface area contributed by atoms with E-state index in [-0.39, 0.29) is 16.8 Å². The molecule has 0 spiro atoms. The lowest BCUT2D eigenvalue weighted by Crippen LogP contribution is -2.66. The molecule has 2 bridgehead atoms. The molecule has 2 heterocycles. The van der Waals surface area contributed by atoms with Gasteiger partial charge < -0.3 is 11.1 Å². The molecule has 0 aromatic carbocycles. The molecule has 0 aromatic heterocycles. The number of piperidine rings is 1. The van der Waals surface area contributed by atoms with Crippen LogP contribution >= 0.6 is 0 Å². The Hall–Kier alpha value is -2.96. The maximum Gasteiger partial charge on any atom is 0.150 e. The molecule has 0 amide bonds.